The quantitative estimate of drug-likeness (QED) is 0.0341. The molecule has 0 fully saturated rings. The van der Waals surface area contributed by atoms with Crippen LogP contribution in [0.2, 0.25) is 0 Å². The normalized spacial score (nSPS) is 12.4. The van der Waals surface area contributed by atoms with E-state index in [2.05, 4.69) is 61.6 Å². The fourth-order valence-corrected chi connectivity index (χ4v) is 5.98. The van der Waals surface area contributed by atoms with Crippen molar-refractivity contribution in [3.8, 4) is 34.8 Å². The van der Waals surface area contributed by atoms with Crippen molar-refractivity contribution in [1.29, 1.82) is 0 Å². The van der Waals surface area contributed by atoms with Gasteiger partial charge < -0.3 is 50.3 Å². The number of benzene rings is 1. The number of carbonyl (C=O) groups is 3. The smallest absolute Gasteiger partial charge is 0.408 e. The molecule has 7 aromatic rings. The first kappa shape index (κ1) is 67.8. The number of nitrogen functional groups attached to an aromatic ring is 1. The molecule has 0 radical (unpaired) electrons. The molecule has 34 heteroatoms. The number of Topliss-reactive ketones (excluding diaryl/α,β-unsaturated/α-hetero) is 1. The van der Waals surface area contributed by atoms with Gasteiger partial charge in [0, 0.05) is 60.2 Å². The van der Waals surface area contributed by atoms with Crippen molar-refractivity contribution in [2.45, 2.75) is 57.4 Å². The Labute approximate surface area is 468 Å². The molecule has 6 N–H and O–H groups in total. The molecule has 450 valence electrons. The van der Waals surface area contributed by atoms with E-state index < -0.39 is 48.5 Å². The van der Waals surface area contributed by atoms with E-state index in [1.54, 1.807) is 49.9 Å². The number of amides is 1. The molecule has 0 saturated carbocycles. The van der Waals surface area contributed by atoms with Crippen LogP contribution in [-0.2, 0) is 14.1 Å². The number of hydrogen-bond acceptors (Lipinski definition) is 17. The van der Waals surface area contributed by atoms with Crippen LogP contribution in [-0.4, -0.2) is 178 Å². The van der Waals surface area contributed by atoms with E-state index in [0.29, 0.717) is 5.56 Å². The minimum absolute atomic E-state index is 0.0139. The van der Waals surface area contributed by atoms with Crippen LogP contribution >= 0.6 is 0 Å². The molecule has 0 aliphatic heterocycles. The number of anilines is 2. The summed E-state index contributed by atoms with van der Waals surface area (Å²) in [5, 5.41) is 33.3. The third-order valence-corrected chi connectivity index (χ3v) is 10.3. The van der Waals surface area contributed by atoms with Crippen LogP contribution in [0.5, 0.6) is 11.8 Å². The molecule has 1 amide bonds. The number of pyridine rings is 2. The predicted molar refractivity (Wildman–Crippen MR) is 286 cm³/mol. The number of alkyl halides is 9. The Morgan fingerprint density at radius 2 is 1.18 bits per heavy atom. The fraction of sp³-hybridized carbons (Fsp3) is 0.367. The van der Waals surface area contributed by atoms with Crippen LogP contribution in [0.4, 0.5) is 56.8 Å². The number of carboxylic acid groups (broad SMARTS) is 1. The highest BCUT2D eigenvalue weighted by Gasteiger charge is 2.40. The number of nitrogens with zero attached hydrogens (tertiary/aromatic N) is 16. The summed E-state index contributed by atoms with van der Waals surface area (Å²) in [7, 11) is 13.6. The first-order valence-electron chi connectivity index (χ1n) is 23.8. The first-order valence-corrected chi connectivity index (χ1v) is 23.8. The van der Waals surface area contributed by atoms with Gasteiger partial charge in [-0.25, -0.2) is 19.8 Å². The molecule has 0 aliphatic rings. The molecular formula is C49H60F9N19O6. The average Bonchev–Trinajstić information content (AvgIpc) is 4.33. The highest BCUT2D eigenvalue weighted by Crippen LogP contribution is 2.34. The molecule has 3 atom stereocenters. The maximum Gasteiger partial charge on any atom is 0.408 e. The number of ether oxygens (including phenoxy) is 2. The molecule has 1 aromatic carbocycles. The minimum Gasteiger partial charge on any atom is -0.479 e. The zero-order chi connectivity index (χ0) is 62.6. The maximum absolute atomic E-state index is 13.0. The topological polar surface area (TPSA) is 308 Å². The van der Waals surface area contributed by atoms with Gasteiger partial charge in [0.25, 0.3) is 5.91 Å². The summed E-state index contributed by atoms with van der Waals surface area (Å²) in [6.07, 6.45) is -4.86. The third kappa shape index (κ3) is 21.5. The van der Waals surface area contributed by atoms with E-state index >= 15 is 0 Å². The Morgan fingerprint density at radius 1 is 0.711 bits per heavy atom. The lowest BCUT2D eigenvalue weighted by Gasteiger charge is -2.18. The van der Waals surface area contributed by atoms with Crippen molar-refractivity contribution in [2.24, 2.45) is 29.8 Å². The number of aliphatic imine (C=N–C) groups is 2. The monoisotopic (exact) mass is 1180 g/mol. The number of nitrogens with two attached hydrogens (primary N) is 2. The van der Waals surface area contributed by atoms with Crippen molar-refractivity contribution in [3.63, 3.8) is 0 Å². The summed E-state index contributed by atoms with van der Waals surface area (Å²) in [5.74, 6) is -0.999. The summed E-state index contributed by atoms with van der Waals surface area (Å²) in [5.41, 5.74) is 12.0. The number of methoxy groups -OCH3 is 2. The second-order valence-electron chi connectivity index (χ2n) is 17.6. The Bertz CT molecular complexity index is 3260. The number of aromatic nitrogens is 12. The van der Waals surface area contributed by atoms with Gasteiger partial charge in [0.15, 0.2) is 17.4 Å². The third-order valence-electron chi connectivity index (χ3n) is 10.3. The standard InChI is InChI=1S/C16H16F3N7O2.C14H20N4O.C10H10F3N5.C6H8N2O3.C3H6F3N/c1-9(16(17,18)19)26-8-20-23-13(26)11-5-4-6-12(21-11)22-14(27)10-7-25(2)24-15(10)28-3;1-17(2)10-15-9-14(19)12-6-5-7-13(8-12)16-11-18(3)4;1-6(10(11,12)13)18-5-15-17-9(18)7-3-2-4-8(14)16-7;1-8-3-4(6(9)10)5(7-8)11-2;1-2(7)3(4,5)6/h4-9H,1-3H3,(H,21,22,27);5-8,10-11H,9H2,1-4H3;2-6H,1H3,(H2,14,16);3H,1-2H3,(H,9,10);2H,7H2,1H3/t9-;;6-;;2-/m1.1.1/s1. The van der Waals surface area contributed by atoms with Crippen LogP contribution in [0.3, 0.4) is 0 Å². The van der Waals surface area contributed by atoms with E-state index in [1.807, 2.05) is 45.2 Å². The van der Waals surface area contributed by atoms with E-state index in [1.165, 1.54) is 66.3 Å². The van der Waals surface area contributed by atoms with Gasteiger partial charge in [-0.3, -0.25) is 23.9 Å². The average molecular weight is 1180 g/mol. The largest absolute Gasteiger partial charge is 0.479 e. The molecule has 83 heavy (non-hydrogen) atoms. The van der Waals surface area contributed by atoms with E-state index in [9.17, 15) is 53.9 Å². The second kappa shape index (κ2) is 30.4. The number of halogens is 9. The van der Waals surface area contributed by atoms with Gasteiger partial charge in [-0.05, 0) is 57.2 Å². The van der Waals surface area contributed by atoms with Crippen LogP contribution in [0, 0.1) is 0 Å². The molecule has 6 heterocycles. The molecule has 0 bridgehead atoms. The molecular weight excluding hydrogens is 1120 g/mol. The molecule has 0 saturated heterocycles. The number of rotatable bonds is 15. The van der Waals surface area contributed by atoms with Gasteiger partial charge in [-0.2, -0.15) is 39.5 Å². The number of hydrogen-bond donors (Lipinski definition) is 4. The summed E-state index contributed by atoms with van der Waals surface area (Å²) >= 11 is 0. The van der Waals surface area contributed by atoms with Crippen LogP contribution in [0.15, 0.2) is 95.7 Å². The highest BCUT2D eigenvalue weighted by molar-refractivity contribution is 6.05. The number of carbonyl (C=O) groups excluding carboxylic acids is 2. The molecule has 7 rings (SSSR count). The Balaban J connectivity index is 0.000000290. The molecule has 6 aromatic heterocycles. The second-order valence-corrected chi connectivity index (χ2v) is 17.6. The van der Waals surface area contributed by atoms with E-state index in [0.717, 1.165) is 48.2 Å². The molecule has 0 spiro atoms. The minimum atomic E-state index is -4.47. The fourth-order valence-electron chi connectivity index (χ4n) is 5.98. The summed E-state index contributed by atoms with van der Waals surface area (Å²) in [6.45, 7) is 3.07. The molecule has 25 nitrogen and oxygen atoms in total. The van der Waals surface area contributed by atoms with E-state index in [4.69, 9.17) is 20.3 Å². The van der Waals surface area contributed by atoms with Crippen molar-refractivity contribution in [2.75, 3.05) is 60.0 Å². The highest BCUT2D eigenvalue weighted by atomic mass is 19.4. The van der Waals surface area contributed by atoms with Crippen LogP contribution in [0.1, 0.15) is 63.9 Å². The van der Waals surface area contributed by atoms with Crippen molar-refractivity contribution in [1.82, 2.24) is 68.9 Å². The number of carboxylic acids is 1. The van der Waals surface area contributed by atoms with Gasteiger partial charge in [-0.15, -0.1) is 30.6 Å². The number of ketones is 1. The van der Waals surface area contributed by atoms with E-state index in [-0.39, 0.29) is 69.9 Å². The number of aromatic carboxylic acids is 1. The summed E-state index contributed by atoms with van der Waals surface area (Å²) < 4.78 is 125. The summed E-state index contributed by atoms with van der Waals surface area (Å²) in [6, 6.07) is 11.1. The van der Waals surface area contributed by atoms with Crippen molar-refractivity contribution in [3.05, 3.63) is 102 Å². The van der Waals surface area contributed by atoms with Crippen LogP contribution in [0.25, 0.3) is 23.0 Å². The van der Waals surface area contributed by atoms with Crippen molar-refractivity contribution >= 4 is 47.7 Å². The van der Waals surface area contributed by atoms with Gasteiger partial charge in [0.05, 0.1) is 38.6 Å². The Kier molecular flexibility index (Phi) is 24.8. The van der Waals surface area contributed by atoms with Gasteiger partial charge in [0.1, 0.15) is 65.4 Å². The lowest BCUT2D eigenvalue weighted by atomic mass is 10.1. The lowest BCUT2D eigenvalue weighted by Crippen LogP contribution is -2.33. The molecule has 0 aliphatic carbocycles. The Morgan fingerprint density at radius 3 is 1.63 bits per heavy atom. The Hall–Kier alpha value is -9.50. The van der Waals surface area contributed by atoms with Gasteiger partial charge >= 0.3 is 24.5 Å². The van der Waals surface area contributed by atoms with Crippen LogP contribution < -0.4 is 26.3 Å². The molecule has 0 unspecified atom stereocenters. The first-order chi connectivity index (χ1) is 38.7. The van der Waals surface area contributed by atoms with Crippen molar-refractivity contribution < 1.29 is 68.5 Å². The predicted octanol–water partition coefficient (Wildman–Crippen LogP) is 7.21. The summed E-state index contributed by atoms with van der Waals surface area (Å²) in [4.78, 5) is 54.9. The number of aryl methyl sites for hydroxylation is 2. The SMILES string of the molecule is CN(C)C=NCC(=O)c1cccc(N=CN(C)C)c1.COc1nn(C)cc1C(=O)Nc1cccc(-c2nncn2[C@H](C)C(F)(F)F)n1.COc1nn(C)cc1C(=O)O.C[C@@H](N)C(F)(F)F.C[C@@H](n1cnnc1-c1cccc(N)n1)C(F)(F)F. The zero-order valence-corrected chi connectivity index (χ0v) is 46.4. The van der Waals surface area contributed by atoms with Gasteiger partial charge in [-0.1, -0.05) is 24.3 Å². The maximum atomic E-state index is 13.0. The lowest BCUT2D eigenvalue weighted by molar-refractivity contribution is -0.163. The van der Waals surface area contributed by atoms with Gasteiger partial charge in [0.2, 0.25) is 11.8 Å². The number of nitrogens with one attached hydrogen (secondary N) is 1. The zero-order valence-electron chi connectivity index (χ0n) is 46.4.